The second-order valence-electron chi connectivity index (χ2n) is 8.04. The third-order valence-electron chi connectivity index (χ3n) is 4.61. The number of benzene rings is 1. The molecule has 0 N–H and O–H groups in total. The molecule has 1 aromatic carbocycles. The van der Waals surface area contributed by atoms with Crippen LogP contribution in [0.4, 0.5) is 0 Å². The highest BCUT2D eigenvalue weighted by molar-refractivity contribution is 6.74. The Labute approximate surface area is 144 Å². The summed E-state index contributed by atoms with van der Waals surface area (Å²) in [4.78, 5) is 0. The van der Waals surface area contributed by atoms with Gasteiger partial charge in [0.05, 0.1) is 0 Å². The average Bonchev–Trinajstić information content (AvgIpc) is 2.45. The van der Waals surface area contributed by atoms with Gasteiger partial charge in [-0.2, -0.15) is 0 Å². The molecule has 0 bridgehead atoms. The van der Waals surface area contributed by atoms with Gasteiger partial charge in [0.25, 0.3) is 0 Å². The van der Waals surface area contributed by atoms with Crippen LogP contribution in [0.5, 0.6) is 0 Å². The minimum absolute atomic E-state index is 0.296. The van der Waals surface area contributed by atoms with Crippen LogP contribution < -0.4 is 0 Å². The molecule has 0 atom stereocenters. The number of hydrogen-bond donors (Lipinski definition) is 0. The first-order chi connectivity index (χ1) is 10.6. The zero-order valence-electron chi connectivity index (χ0n) is 16.1. The van der Waals surface area contributed by atoms with E-state index in [1.807, 2.05) is 0 Å². The van der Waals surface area contributed by atoms with E-state index in [0.29, 0.717) is 5.04 Å². The van der Waals surface area contributed by atoms with Gasteiger partial charge < -0.3 is 4.43 Å². The van der Waals surface area contributed by atoms with Gasteiger partial charge in [0.15, 0.2) is 8.32 Å². The van der Waals surface area contributed by atoms with E-state index in [1.54, 1.807) is 0 Å². The van der Waals surface area contributed by atoms with Gasteiger partial charge in [0.2, 0.25) is 0 Å². The molecule has 2 heteroatoms. The van der Waals surface area contributed by atoms with Gasteiger partial charge in [-0.25, -0.2) is 0 Å². The number of hydrogen-bond acceptors (Lipinski definition) is 1. The molecule has 23 heavy (non-hydrogen) atoms. The minimum atomic E-state index is -1.60. The van der Waals surface area contributed by atoms with E-state index in [2.05, 4.69) is 83.8 Å². The molecular formula is C21H34OSi. The highest BCUT2D eigenvalue weighted by Gasteiger charge is 2.36. The summed E-state index contributed by atoms with van der Waals surface area (Å²) in [7, 11) is -1.60. The van der Waals surface area contributed by atoms with Crippen LogP contribution >= 0.6 is 0 Å². The van der Waals surface area contributed by atoms with E-state index >= 15 is 0 Å². The van der Waals surface area contributed by atoms with Crippen molar-refractivity contribution in [3.05, 3.63) is 47.2 Å². The summed E-state index contributed by atoms with van der Waals surface area (Å²) < 4.78 is 6.27. The highest BCUT2D eigenvalue weighted by Crippen LogP contribution is 2.36. The fraction of sp³-hybridized carbons (Fsp3) is 0.571. The number of unbranched alkanes of at least 4 members (excludes halogenated alkanes) is 1. The minimum Gasteiger partial charge on any atom is -0.417 e. The van der Waals surface area contributed by atoms with Crippen LogP contribution in [-0.4, -0.2) is 14.9 Å². The largest absolute Gasteiger partial charge is 0.417 e. The van der Waals surface area contributed by atoms with E-state index in [9.17, 15) is 0 Å². The summed E-state index contributed by atoms with van der Waals surface area (Å²) in [5.74, 6) is 0. The summed E-state index contributed by atoms with van der Waals surface area (Å²) in [6.07, 6.45) is 3.34. The predicted molar refractivity (Wildman–Crippen MR) is 105 cm³/mol. The fourth-order valence-electron chi connectivity index (χ4n) is 2.17. The molecule has 0 aliphatic heterocycles. The lowest BCUT2D eigenvalue weighted by Gasteiger charge is -2.36. The van der Waals surface area contributed by atoms with Crippen LogP contribution in [0.1, 0.15) is 59.4 Å². The monoisotopic (exact) mass is 330 g/mol. The van der Waals surface area contributed by atoms with Crippen molar-refractivity contribution in [2.45, 2.75) is 72.0 Å². The van der Waals surface area contributed by atoms with Crippen molar-refractivity contribution in [2.75, 3.05) is 6.61 Å². The maximum atomic E-state index is 6.27. The van der Waals surface area contributed by atoms with Crippen molar-refractivity contribution >= 4 is 13.9 Å². The van der Waals surface area contributed by atoms with E-state index in [0.717, 1.165) is 25.9 Å². The van der Waals surface area contributed by atoms with E-state index in [4.69, 9.17) is 4.43 Å². The van der Waals surface area contributed by atoms with E-state index in [-0.39, 0.29) is 0 Å². The fourth-order valence-corrected chi connectivity index (χ4v) is 3.26. The van der Waals surface area contributed by atoms with E-state index < -0.39 is 8.32 Å². The lowest BCUT2D eigenvalue weighted by molar-refractivity contribution is 0.280. The first kappa shape index (κ1) is 20.0. The molecule has 128 valence electrons. The van der Waals surface area contributed by atoms with Gasteiger partial charge in [-0.05, 0) is 62.4 Å². The van der Waals surface area contributed by atoms with Crippen LogP contribution in [0.2, 0.25) is 18.1 Å². The Morgan fingerprint density at radius 3 is 2.17 bits per heavy atom. The Morgan fingerprint density at radius 1 is 1.04 bits per heavy atom. The zero-order valence-corrected chi connectivity index (χ0v) is 17.1. The number of rotatable bonds is 7. The molecule has 1 nitrogen and oxygen atoms in total. The van der Waals surface area contributed by atoms with Gasteiger partial charge in [-0.1, -0.05) is 51.1 Å². The molecule has 0 spiro atoms. The maximum absolute atomic E-state index is 6.27. The maximum Gasteiger partial charge on any atom is 0.191 e. The lowest BCUT2D eigenvalue weighted by Crippen LogP contribution is -2.40. The molecule has 0 saturated carbocycles. The molecule has 1 rings (SSSR count). The smallest absolute Gasteiger partial charge is 0.191 e. The van der Waals surface area contributed by atoms with Crippen molar-refractivity contribution in [2.24, 2.45) is 0 Å². The Morgan fingerprint density at radius 2 is 1.65 bits per heavy atom. The molecule has 0 unspecified atom stereocenters. The summed E-state index contributed by atoms with van der Waals surface area (Å²) >= 11 is 0. The third kappa shape index (κ3) is 6.91. The topological polar surface area (TPSA) is 9.23 Å². The quantitative estimate of drug-likeness (QED) is 0.302. The zero-order chi connectivity index (χ0) is 17.5. The first-order valence-electron chi connectivity index (χ1n) is 8.76. The van der Waals surface area contributed by atoms with Crippen LogP contribution in [0.3, 0.4) is 0 Å². The molecule has 0 heterocycles. The molecule has 0 aliphatic carbocycles. The highest BCUT2D eigenvalue weighted by atomic mass is 28.4. The predicted octanol–water partition coefficient (Wildman–Crippen LogP) is 6.83. The summed E-state index contributed by atoms with van der Waals surface area (Å²) in [6.45, 7) is 16.6. The molecule has 1 aromatic rings. The molecule has 0 amide bonds. The molecule has 0 fully saturated rings. The third-order valence-corrected chi connectivity index (χ3v) is 9.15. The molecule has 0 aromatic heterocycles. The van der Waals surface area contributed by atoms with Gasteiger partial charge in [-0.15, -0.1) is 5.73 Å². The average molecular weight is 331 g/mol. The van der Waals surface area contributed by atoms with Gasteiger partial charge in [-0.3, -0.25) is 0 Å². The Balaban J connectivity index is 2.55. The molecular weight excluding hydrogens is 296 g/mol. The molecule has 0 saturated heterocycles. The van der Waals surface area contributed by atoms with Crippen molar-refractivity contribution < 1.29 is 4.43 Å². The molecule has 0 aliphatic rings. The normalized spacial score (nSPS) is 12.0. The van der Waals surface area contributed by atoms with Gasteiger partial charge in [0, 0.05) is 12.2 Å². The van der Waals surface area contributed by atoms with Crippen LogP contribution in [-0.2, 0) is 4.43 Å². The Bertz CT molecular complexity index is 539. The molecule has 0 radical (unpaired) electrons. The Kier molecular flexibility index (Phi) is 7.53. The standard InChI is InChI=1S/C21H34OSi/c1-18(2)17-20(19-13-9-8-10-14-19)15-11-12-16-22-23(6,7)21(3,4)5/h8-10,13-14H,11-12,15-16H2,1-7H3. The van der Waals surface area contributed by atoms with E-state index in [1.165, 1.54) is 16.7 Å². The summed E-state index contributed by atoms with van der Waals surface area (Å²) in [6, 6.07) is 10.6. The van der Waals surface area contributed by atoms with Gasteiger partial charge >= 0.3 is 0 Å². The van der Waals surface area contributed by atoms with Gasteiger partial charge in [0.1, 0.15) is 0 Å². The van der Waals surface area contributed by atoms with Crippen LogP contribution in [0.15, 0.2) is 41.6 Å². The number of allylic oxidation sites excluding steroid dienone is 1. The van der Waals surface area contributed by atoms with Crippen molar-refractivity contribution in [3.8, 4) is 0 Å². The second kappa shape index (κ2) is 8.68. The van der Waals surface area contributed by atoms with Crippen LogP contribution in [0.25, 0.3) is 5.57 Å². The van der Waals surface area contributed by atoms with Crippen molar-refractivity contribution in [3.63, 3.8) is 0 Å². The summed E-state index contributed by atoms with van der Waals surface area (Å²) in [5.41, 5.74) is 7.37. The second-order valence-corrected chi connectivity index (χ2v) is 12.8. The SMILES string of the molecule is CC(C)=C=C(CCCCO[Si](C)(C)C(C)(C)C)c1ccccc1. The van der Waals surface area contributed by atoms with Crippen molar-refractivity contribution in [1.82, 2.24) is 0 Å². The first-order valence-corrected chi connectivity index (χ1v) is 11.7. The lowest BCUT2D eigenvalue weighted by atomic mass is 10.0. The Hall–Kier alpha value is -1.08. The van der Waals surface area contributed by atoms with Crippen molar-refractivity contribution in [1.29, 1.82) is 0 Å². The summed E-state index contributed by atoms with van der Waals surface area (Å²) in [5, 5.41) is 0.296. The van der Waals surface area contributed by atoms with Crippen LogP contribution in [0, 0.1) is 0 Å².